The number of nitrogens with one attached hydrogen (secondary N) is 2. The zero-order valence-electron chi connectivity index (χ0n) is 9.27. The van der Waals surface area contributed by atoms with E-state index < -0.39 is 0 Å². The van der Waals surface area contributed by atoms with E-state index in [1.165, 1.54) is 0 Å². The molecule has 6 nitrogen and oxygen atoms in total. The number of carbonyl (C=O) groups excluding carboxylic acids is 1. The smallest absolute Gasteiger partial charge is 0.268 e. The molecule has 0 atom stereocenters. The number of halogens is 1. The second kappa shape index (κ2) is 5.13. The molecule has 1 amide bonds. The van der Waals surface area contributed by atoms with Gasteiger partial charge in [0, 0.05) is 17.2 Å². The van der Waals surface area contributed by atoms with Gasteiger partial charge in [-0.05, 0) is 28.9 Å². The Morgan fingerprint density at radius 3 is 3.12 bits per heavy atom. The molecule has 0 saturated carbocycles. The molecular formula is C10H12BrN5O. The van der Waals surface area contributed by atoms with Gasteiger partial charge in [-0.3, -0.25) is 4.79 Å². The lowest BCUT2D eigenvalue weighted by atomic mass is 10.4. The highest BCUT2D eigenvalue weighted by molar-refractivity contribution is 9.10. The Kier molecular flexibility index (Phi) is 3.58. The summed E-state index contributed by atoms with van der Waals surface area (Å²) in [6.07, 6.45) is 3.36. The highest BCUT2D eigenvalue weighted by Gasteiger charge is 2.09. The highest BCUT2D eigenvalue weighted by atomic mass is 79.9. The van der Waals surface area contributed by atoms with Crippen LogP contribution in [0.5, 0.6) is 0 Å². The third kappa shape index (κ3) is 2.73. The first-order valence-corrected chi connectivity index (χ1v) is 5.98. The first kappa shape index (κ1) is 11.8. The van der Waals surface area contributed by atoms with Crippen molar-refractivity contribution >= 4 is 21.8 Å². The number of carbonyl (C=O) groups is 1. The molecule has 2 heterocycles. The molecule has 0 fully saturated rings. The molecule has 0 radical (unpaired) electrons. The van der Waals surface area contributed by atoms with Gasteiger partial charge in [-0.15, -0.1) is 10.2 Å². The molecule has 0 aromatic carbocycles. The van der Waals surface area contributed by atoms with E-state index in [-0.39, 0.29) is 5.91 Å². The third-order valence-electron chi connectivity index (χ3n) is 2.34. The van der Waals surface area contributed by atoms with Crippen LogP contribution in [-0.2, 0) is 13.1 Å². The molecule has 90 valence electrons. The van der Waals surface area contributed by atoms with Gasteiger partial charge in [0.15, 0.2) is 5.82 Å². The molecule has 0 aliphatic heterocycles. The summed E-state index contributed by atoms with van der Waals surface area (Å²) < 4.78 is 2.73. The molecule has 0 saturated heterocycles. The molecule has 7 heteroatoms. The predicted octanol–water partition coefficient (Wildman–Crippen LogP) is 1.32. The van der Waals surface area contributed by atoms with Gasteiger partial charge in [0.2, 0.25) is 0 Å². The van der Waals surface area contributed by atoms with Gasteiger partial charge in [0.25, 0.3) is 5.91 Å². The Morgan fingerprint density at radius 2 is 2.47 bits per heavy atom. The molecule has 2 rings (SSSR count). The molecule has 0 spiro atoms. The van der Waals surface area contributed by atoms with Crippen molar-refractivity contribution in [2.45, 2.75) is 20.0 Å². The van der Waals surface area contributed by atoms with Crippen molar-refractivity contribution in [3.05, 3.63) is 34.6 Å². The van der Waals surface area contributed by atoms with E-state index in [9.17, 15) is 4.79 Å². The zero-order valence-corrected chi connectivity index (χ0v) is 10.9. The van der Waals surface area contributed by atoms with E-state index in [1.54, 1.807) is 18.6 Å². The summed E-state index contributed by atoms with van der Waals surface area (Å²) in [4.78, 5) is 14.6. The summed E-state index contributed by atoms with van der Waals surface area (Å²) in [5.41, 5.74) is 0.513. The number of aromatic nitrogens is 4. The fourth-order valence-corrected chi connectivity index (χ4v) is 1.78. The van der Waals surface area contributed by atoms with E-state index in [0.29, 0.717) is 12.2 Å². The lowest BCUT2D eigenvalue weighted by Crippen LogP contribution is -2.24. The molecule has 2 N–H and O–H groups in total. The largest absolute Gasteiger partial charge is 0.356 e. The summed E-state index contributed by atoms with van der Waals surface area (Å²) in [6, 6.07) is 1.72. The van der Waals surface area contributed by atoms with Crippen molar-refractivity contribution in [3.8, 4) is 0 Å². The summed E-state index contributed by atoms with van der Waals surface area (Å²) in [5.74, 6) is 0.577. The second-order valence-electron chi connectivity index (χ2n) is 3.45. The van der Waals surface area contributed by atoms with Crippen molar-refractivity contribution in [3.63, 3.8) is 0 Å². The highest BCUT2D eigenvalue weighted by Crippen LogP contribution is 2.10. The van der Waals surface area contributed by atoms with Gasteiger partial charge in [-0.2, -0.15) is 0 Å². The Balaban J connectivity index is 1.97. The van der Waals surface area contributed by atoms with Gasteiger partial charge in [0.1, 0.15) is 12.0 Å². The maximum Gasteiger partial charge on any atom is 0.268 e. The molecule has 2 aromatic rings. The predicted molar refractivity (Wildman–Crippen MR) is 65.4 cm³/mol. The van der Waals surface area contributed by atoms with Gasteiger partial charge < -0.3 is 14.9 Å². The van der Waals surface area contributed by atoms with Gasteiger partial charge in [-0.25, -0.2) is 0 Å². The van der Waals surface area contributed by atoms with Crippen LogP contribution in [0.2, 0.25) is 0 Å². The Labute approximate surface area is 107 Å². The van der Waals surface area contributed by atoms with Crippen LogP contribution in [0.1, 0.15) is 23.2 Å². The first-order valence-electron chi connectivity index (χ1n) is 5.19. The van der Waals surface area contributed by atoms with Crippen molar-refractivity contribution in [1.82, 2.24) is 25.1 Å². The maximum absolute atomic E-state index is 11.7. The van der Waals surface area contributed by atoms with Crippen LogP contribution in [0.15, 0.2) is 23.1 Å². The van der Waals surface area contributed by atoms with Gasteiger partial charge in [-0.1, -0.05) is 0 Å². The summed E-state index contributed by atoms with van der Waals surface area (Å²) in [7, 11) is 0. The number of aryl methyl sites for hydroxylation is 1. The standard InChI is InChI=1S/C10H12BrN5O/c1-2-16-6-14-15-9(16)5-13-10(17)8-3-7(11)4-12-8/h3-4,6,12H,2,5H2,1H3,(H,13,17). The van der Waals surface area contributed by atoms with Crippen molar-refractivity contribution in [2.24, 2.45) is 0 Å². The number of H-pyrrole nitrogens is 1. The number of hydrogen-bond donors (Lipinski definition) is 2. The zero-order chi connectivity index (χ0) is 12.3. The number of aromatic amines is 1. The lowest BCUT2D eigenvalue weighted by Gasteiger charge is -2.04. The summed E-state index contributed by atoms with van der Waals surface area (Å²) >= 11 is 3.28. The topological polar surface area (TPSA) is 75.6 Å². The van der Waals surface area contributed by atoms with Gasteiger partial charge in [0.05, 0.1) is 6.54 Å². The number of rotatable bonds is 4. The number of hydrogen-bond acceptors (Lipinski definition) is 3. The summed E-state index contributed by atoms with van der Waals surface area (Å²) in [6.45, 7) is 3.15. The Morgan fingerprint density at radius 1 is 1.65 bits per heavy atom. The Bertz CT molecular complexity index is 518. The van der Waals surface area contributed by atoms with E-state index >= 15 is 0 Å². The quantitative estimate of drug-likeness (QED) is 0.894. The minimum absolute atomic E-state index is 0.165. The van der Waals surface area contributed by atoms with Crippen LogP contribution in [0.4, 0.5) is 0 Å². The molecule has 0 unspecified atom stereocenters. The van der Waals surface area contributed by atoms with E-state index in [2.05, 4.69) is 36.4 Å². The monoisotopic (exact) mass is 297 g/mol. The van der Waals surface area contributed by atoms with Crippen LogP contribution < -0.4 is 5.32 Å². The van der Waals surface area contributed by atoms with Crippen LogP contribution >= 0.6 is 15.9 Å². The molecule has 2 aromatic heterocycles. The lowest BCUT2D eigenvalue weighted by molar-refractivity contribution is 0.0945. The van der Waals surface area contributed by atoms with Crippen LogP contribution in [-0.4, -0.2) is 25.7 Å². The fraction of sp³-hybridized carbons (Fsp3) is 0.300. The Hall–Kier alpha value is -1.63. The normalized spacial score (nSPS) is 10.5. The number of amides is 1. The SMILES string of the molecule is CCn1cnnc1CNC(=O)c1cc(Br)c[nH]1. The third-order valence-corrected chi connectivity index (χ3v) is 2.79. The molecule has 0 bridgehead atoms. The van der Waals surface area contributed by atoms with E-state index in [0.717, 1.165) is 16.8 Å². The molecular weight excluding hydrogens is 286 g/mol. The van der Waals surface area contributed by atoms with Crippen LogP contribution in [0.25, 0.3) is 0 Å². The van der Waals surface area contributed by atoms with Crippen molar-refractivity contribution in [1.29, 1.82) is 0 Å². The van der Waals surface area contributed by atoms with Crippen LogP contribution in [0, 0.1) is 0 Å². The maximum atomic E-state index is 11.7. The van der Waals surface area contributed by atoms with Crippen LogP contribution in [0.3, 0.4) is 0 Å². The average molecular weight is 298 g/mol. The molecule has 0 aliphatic rings. The summed E-state index contributed by atoms with van der Waals surface area (Å²) in [5, 5.41) is 10.5. The first-order chi connectivity index (χ1) is 8.20. The van der Waals surface area contributed by atoms with Gasteiger partial charge >= 0.3 is 0 Å². The minimum atomic E-state index is -0.165. The number of nitrogens with zero attached hydrogens (tertiary/aromatic N) is 3. The van der Waals surface area contributed by atoms with Crippen molar-refractivity contribution in [2.75, 3.05) is 0 Å². The average Bonchev–Trinajstić information content (AvgIpc) is 2.94. The van der Waals surface area contributed by atoms with E-state index in [4.69, 9.17) is 0 Å². The molecule has 0 aliphatic carbocycles. The second-order valence-corrected chi connectivity index (χ2v) is 4.36. The fourth-order valence-electron chi connectivity index (χ4n) is 1.43. The van der Waals surface area contributed by atoms with Crippen molar-refractivity contribution < 1.29 is 4.79 Å². The minimum Gasteiger partial charge on any atom is -0.356 e. The van der Waals surface area contributed by atoms with E-state index in [1.807, 2.05) is 11.5 Å². The molecule has 17 heavy (non-hydrogen) atoms.